The minimum absolute atomic E-state index is 0.0447. The maximum atomic E-state index is 11.8. The highest BCUT2D eigenvalue weighted by atomic mass is 16.6. The Kier molecular flexibility index (Phi) is 6.58. The van der Waals surface area contributed by atoms with Crippen LogP contribution in [0.25, 0.3) is 0 Å². The summed E-state index contributed by atoms with van der Waals surface area (Å²) in [5.41, 5.74) is -0.600. The first-order chi connectivity index (χ1) is 8.17. The highest BCUT2D eigenvalue weighted by molar-refractivity contribution is 5.88. The van der Waals surface area contributed by atoms with Gasteiger partial charge in [-0.1, -0.05) is 13.8 Å². The molecule has 1 N–H and O–H groups in total. The van der Waals surface area contributed by atoms with E-state index in [1.807, 2.05) is 13.8 Å². The standard InChI is InChI=1S/C13H23NO4/c1-9(2)11(10(16)7-6-8-15)14-12(17)18-13(3,4)5/h8-9,11H,6-7H2,1-5H3,(H,14,17). The van der Waals surface area contributed by atoms with Gasteiger partial charge in [-0.3, -0.25) is 4.79 Å². The molecule has 0 aliphatic heterocycles. The van der Waals surface area contributed by atoms with Gasteiger partial charge in [-0.05, 0) is 26.7 Å². The number of alkyl carbamates (subject to hydrolysis) is 1. The fourth-order valence-electron chi connectivity index (χ4n) is 1.41. The molecule has 0 aliphatic carbocycles. The van der Waals surface area contributed by atoms with Crippen molar-refractivity contribution in [2.75, 3.05) is 0 Å². The highest BCUT2D eigenvalue weighted by Gasteiger charge is 2.26. The van der Waals surface area contributed by atoms with Crippen molar-refractivity contribution in [3.05, 3.63) is 0 Å². The average molecular weight is 257 g/mol. The predicted molar refractivity (Wildman–Crippen MR) is 68.3 cm³/mol. The van der Waals surface area contributed by atoms with Gasteiger partial charge < -0.3 is 14.8 Å². The number of carbonyl (C=O) groups excluding carboxylic acids is 3. The van der Waals surface area contributed by atoms with Crippen molar-refractivity contribution in [3.63, 3.8) is 0 Å². The van der Waals surface area contributed by atoms with E-state index in [9.17, 15) is 14.4 Å². The third kappa shape index (κ3) is 7.04. The van der Waals surface area contributed by atoms with E-state index in [2.05, 4.69) is 5.32 Å². The average Bonchev–Trinajstić information content (AvgIpc) is 2.19. The minimum atomic E-state index is -0.611. The normalized spacial score (nSPS) is 13.0. The van der Waals surface area contributed by atoms with Crippen LogP contribution >= 0.6 is 0 Å². The monoisotopic (exact) mass is 257 g/mol. The summed E-state index contributed by atoms with van der Waals surface area (Å²) in [6.07, 6.45) is 0.406. The van der Waals surface area contributed by atoms with Gasteiger partial charge in [0.15, 0.2) is 5.78 Å². The van der Waals surface area contributed by atoms with Crippen molar-refractivity contribution in [2.24, 2.45) is 5.92 Å². The molecule has 0 aromatic rings. The van der Waals surface area contributed by atoms with E-state index in [0.717, 1.165) is 0 Å². The maximum absolute atomic E-state index is 11.8. The number of aldehydes is 1. The second-order valence-electron chi connectivity index (χ2n) is 5.54. The van der Waals surface area contributed by atoms with Crippen molar-refractivity contribution >= 4 is 18.2 Å². The van der Waals surface area contributed by atoms with E-state index in [1.54, 1.807) is 20.8 Å². The van der Waals surface area contributed by atoms with Crippen LogP contribution in [0.4, 0.5) is 4.79 Å². The fraction of sp³-hybridized carbons (Fsp3) is 0.769. The van der Waals surface area contributed by atoms with Crippen LogP contribution in [0.15, 0.2) is 0 Å². The lowest BCUT2D eigenvalue weighted by atomic mass is 9.97. The molecule has 104 valence electrons. The quantitative estimate of drug-likeness (QED) is 0.739. The Labute approximate surface area is 108 Å². The Morgan fingerprint density at radius 1 is 1.28 bits per heavy atom. The second-order valence-corrected chi connectivity index (χ2v) is 5.54. The molecule has 0 aromatic carbocycles. The van der Waals surface area contributed by atoms with E-state index in [-0.39, 0.29) is 24.5 Å². The van der Waals surface area contributed by atoms with Gasteiger partial charge >= 0.3 is 6.09 Å². The molecule has 0 aromatic heterocycles. The van der Waals surface area contributed by atoms with Crippen LogP contribution in [0.5, 0.6) is 0 Å². The third-order valence-corrected chi connectivity index (χ3v) is 2.19. The smallest absolute Gasteiger partial charge is 0.408 e. The molecule has 0 rings (SSSR count). The van der Waals surface area contributed by atoms with Crippen LogP contribution < -0.4 is 5.32 Å². The molecule has 0 saturated heterocycles. The summed E-state index contributed by atoms with van der Waals surface area (Å²) in [6, 6.07) is -0.611. The summed E-state index contributed by atoms with van der Waals surface area (Å²) in [5.74, 6) is -0.195. The Morgan fingerprint density at radius 2 is 1.83 bits per heavy atom. The van der Waals surface area contributed by atoms with Gasteiger partial charge in [0.05, 0.1) is 6.04 Å². The maximum Gasteiger partial charge on any atom is 0.408 e. The van der Waals surface area contributed by atoms with Gasteiger partial charge in [0.1, 0.15) is 11.9 Å². The summed E-state index contributed by atoms with van der Waals surface area (Å²) < 4.78 is 5.10. The molecule has 0 aliphatic rings. The van der Waals surface area contributed by atoms with E-state index in [1.165, 1.54) is 0 Å². The summed E-state index contributed by atoms with van der Waals surface area (Å²) in [5, 5.41) is 2.56. The number of carbonyl (C=O) groups is 3. The Bertz CT molecular complexity index is 305. The Hall–Kier alpha value is -1.39. The largest absolute Gasteiger partial charge is 0.444 e. The van der Waals surface area contributed by atoms with Gasteiger partial charge in [0.25, 0.3) is 0 Å². The molecule has 0 bridgehead atoms. The molecule has 18 heavy (non-hydrogen) atoms. The van der Waals surface area contributed by atoms with Gasteiger partial charge in [0, 0.05) is 12.8 Å². The van der Waals surface area contributed by atoms with E-state index in [0.29, 0.717) is 6.29 Å². The van der Waals surface area contributed by atoms with Crippen molar-refractivity contribution in [1.82, 2.24) is 5.32 Å². The zero-order chi connectivity index (χ0) is 14.3. The minimum Gasteiger partial charge on any atom is -0.444 e. The third-order valence-electron chi connectivity index (χ3n) is 2.19. The fourth-order valence-corrected chi connectivity index (χ4v) is 1.41. The molecule has 0 fully saturated rings. The van der Waals surface area contributed by atoms with Crippen LogP contribution in [-0.4, -0.2) is 29.8 Å². The number of rotatable bonds is 6. The summed E-state index contributed by atoms with van der Waals surface area (Å²) in [7, 11) is 0. The molecule has 0 saturated carbocycles. The lowest BCUT2D eigenvalue weighted by Gasteiger charge is -2.24. The van der Waals surface area contributed by atoms with Gasteiger partial charge in [-0.2, -0.15) is 0 Å². The van der Waals surface area contributed by atoms with Gasteiger partial charge in [0.2, 0.25) is 0 Å². The zero-order valence-corrected chi connectivity index (χ0v) is 11.8. The van der Waals surface area contributed by atoms with Gasteiger partial charge in [-0.25, -0.2) is 4.79 Å². The first-order valence-electron chi connectivity index (χ1n) is 6.13. The number of ether oxygens (including phenoxy) is 1. The molecule has 1 unspecified atom stereocenters. The second kappa shape index (κ2) is 7.13. The molecule has 5 heteroatoms. The lowest BCUT2D eigenvalue weighted by molar-refractivity contribution is -0.123. The number of Topliss-reactive ketones (excluding diaryl/α,β-unsaturated/α-hetero) is 1. The van der Waals surface area contributed by atoms with E-state index < -0.39 is 17.7 Å². The molecule has 1 atom stereocenters. The summed E-state index contributed by atoms with van der Waals surface area (Å²) in [6.45, 7) is 8.93. The number of hydrogen-bond donors (Lipinski definition) is 1. The lowest BCUT2D eigenvalue weighted by Crippen LogP contribution is -2.46. The first kappa shape index (κ1) is 16.6. The first-order valence-corrected chi connectivity index (χ1v) is 6.13. The number of amides is 1. The number of ketones is 1. The molecule has 5 nitrogen and oxygen atoms in total. The Balaban J connectivity index is 4.49. The Morgan fingerprint density at radius 3 is 2.22 bits per heavy atom. The van der Waals surface area contributed by atoms with Crippen LogP contribution in [-0.2, 0) is 14.3 Å². The SMILES string of the molecule is CC(C)C(NC(=O)OC(C)(C)C)C(=O)CCC=O. The van der Waals surface area contributed by atoms with Crippen molar-refractivity contribution in [1.29, 1.82) is 0 Å². The predicted octanol–water partition coefficient (Wildman–Crippen LogP) is 2.08. The molecule has 0 spiro atoms. The zero-order valence-electron chi connectivity index (χ0n) is 11.8. The van der Waals surface area contributed by atoms with Crippen molar-refractivity contribution in [2.45, 2.75) is 59.1 Å². The van der Waals surface area contributed by atoms with Crippen molar-refractivity contribution in [3.8, 4) is 0 Å². The van der Waals surface area contributed by atoms with Crippen LogP contribution in [0, 0.1) is 5.92 Å². The number of hydrogen-bond acceptors (Lipinski definition) is 4. The van der Waals surface area contributed by atoms with Crippen molar-refractivity contribution < 1.29 is 19.1 Å². The molecular formula is C13H23NO4. The molecule has 1 amide bonds. The van der Waals surface area contributed by atoms with Crippen LogP contribution in [0.2, 0.25) is 0 Å². The summed E-state index contributed by atoms with van der Waals surface area (Å²) in [4.78, 5) is 33.7. The van der Waals surface area contributed by atoms with E-state index >= 15 is 0 Å². The highest BCUT2D eigenvalue weighted by Crippen LogP contribution is 2.10. The van der Waals surface area contributed by atoms with Crippen LogP contribution in [0.1, 0.15) is 47.5 Å². The molecular weight excluding hydrogens is 234 g/mol. The topological polar surface area (TPSA) is 72.5 Å². The summed E-state index contributed by atoms with van der Waals surface area (Å²) >= 11 is 0. The van der Waals surface area contributed by atoms with E-state index in [4.69, 9.17) is 4.74 Å². The van der Waals surface area contributed by atoms with Gasteiger partial charge in [-0.15, -0.1) is 0 Å². The molecule has 0 radical (unpaired) electrons. The molecule has 0 heterocycles. The number of nitrogens with one attached hydrogen (secondary N) is 1. The van der Waals surface area contributed by atoms with Crippen LogP contribution in [0.3, 0.4) is 0 Å².